The van der Waals surface area contributed by atoms with Crippen molar-refractivity contribution < 1.29 is 19.5 Å². The van der Waals surface area contributed by atoms with Crippen molar-refractivity contribution >= 4 is 29.1 Å². The molecule has 190 valence electrons. The lowest BCUT2D eigenvalue weighted by atomic mass is 9.85. The molecule has 1 aromatic carbocycles. The van der Waals surface area contributed by atoms with E-state index in [-0.39, 0.29) is 36.6 Å². The summed E-state index contributed by atoms with van der Waals surface area (Å²) in [4.78, 5) is 45.7. The molecule has 0 bridgehead atoms. The predicted octanol–water partition coefficient (Wildman–Crippen LogP) is 2.88. The van der Waals surface area contributed by atoms with Gasteiger partial charge in [-0.25, -0.2) is 4.98 Å². The quantitative estimate of drug-likeness (QED) is 0.541. The molecular formula is C26H36N4O4S. The van der Waals surface area contributed by atoms with Crippen molar-refractivity contribution in [2.75, 3.05) is 6.54 Å². The van der Waals surface area contributed by atoms with Crippen molar-refractivity contribution in [3.05, 3.63) is 41.0 Å². The molecule has 3 rings (SSSR count). The van der Waals surface area contributed by atoms with Crippen molar-refractivity contribution in [2.24, 2.45) is 11.3 Å². The number of aliphatic hydroxyl groups is 1. The van der Waals surface area contributed by atoms with Crippen LogP contribution in [0, 0.1) is 18.3 Å². The molecule has 1 aliphatic rings. The lowest BCUT2D eigenvalue weighted by Gasteiger charge is -2.35. The van der Waals surface area contributed by atoms with Crippen molar-refractivity contribution in [2.45, 2.75) is 72.7 Å². The summed E-state index contributed by atoms with van der Waals surface area (Å²) in [6, 6.07) is 6.32. The molecular weight excluding hydrogens is 464 g/mol. The van der Waals surface area contributed by atoms with E-state index in [1.807, 2.05) is 57.5 Å². The molecule has 1 saturated heterocycles. The number of nitrogens with zero attached hydrogens (tertiary/aromatic N) is 2. The van der Waals surface area contributed by atoms with Crippen molar-refractivity contribution in [3.63, 3.8) is 0 Å². The molecule has 0 saturated carbocycles. The van der Waals surface area contributed by atoms with E-state index >= 15 is 0 Å². The highest BCUT2D eigenvalue weighted by Crippen LogP contribution is 2.28. The zero-order valence-electron chi connectivity index (χ0n) is 21.3. The van der Waals surface area contributed by atoms with E-state index in [9.17, 15) is 19.5 Å². The number of thiazole rings is 1. The normalized spacial score (nSPS) is 19.0. The third-order valence-corrected chi connectivity index (χ3v) is 7.19. The predicted molar refractivity (Wildman–Crippen MR) is 136 cm³/mol. The summed E-state index contributed by atoms with van der Waals surface area (Å²) in [5.74, 6) is -1.18. The number of likely N-dealkylation sites (tertiary alicyclic amines) is 1. The summed E-state index contributed by atoms with van der Waals surface area (Å²) >= 11 is 1.59. The van der Waals surface area contributed by atoms with E-state index in [0.717, 1.165) is 21.7 Å². The number of carbonyl (C=O) groups excluding carboxylic acids is 3. The molecule has 1 aliphatic heterocycles. The summed E-state index contributed by atoms with van der Waals surface area (Å²) in [6.45, 7) is 11.5. The van der Waals surface area contributed by atoms with Gasteiger partial charge in [0.25, 0.3) is 0 Å². The maximum atomic E-state index is 13.5. The van der Waals surface area contributed by atoms with Gasteiger partial charge in [-0.1, -0.05) is 58.9 Å². The van der Waals surface area contributed by atoms with Gasteiger partial charge < -0.3 is 20.6 Å². The van der Waals surface area contributed by atoms with Gasteiger partial charge in [-0.05, 0) is 23.5 Å². The summed E-state index contributed by atoms with van der Waals surface area (Å²) < 4.78 is 0. The van der Waals surface area contributed by atoms with Gasteiger partial charge in [0, 0.05) is 25.4 Å². The van der Waals surface area contributed by atoms with Gasteiger partial charge in [0.2, 0.25) is 17.7 Å². The summed E-state index contributed by atoms with van der Waals surface area (Å²) in [7, 11) is 0. The van der Waals surface area contributed by atoms with E-state index in [2.05, 4.69) is 15.6 Å². The van der Waals surface area contributed by atoms with Crippen LogP contribution in [0.15, 0.2) is 29.8 Å². The molecule has 35 heavy (non-hydrogen) atoms. The fraction of sp³-hybridized carbons (Fsp3) is 0.538. The van der Waals surface area contributed by atoms with E-state index in [1.54, 1.807) is 25.2 Å². The number of aryl methyl sites for hydroxylation is 1. The average molecular weight is 501 g/mol. The zero-order valence-corrected chi connectivity index (χ0v) is 22.1. The van der Waals surface area contributed by atoms with E-state index < -0.39 is 23.6 Å². The average Bonchev–Trinajstić information content (AvgIpc) is 3.40. The number of aliphatic hydroxyl groups excluding tert-OH is 1. The molecule has 2 unspecified atom stereocenters. The van der Waals surface area contributed by atoms with Gasteiger partial charge in [0.05, 0.1) is 22.2 Å². The number of amides is 3. The zero-order chi connectivity index (χ0) is 25.9. The first kappa shape index (κ1) is 26.8. The number of rotatable bonds is 7. The molecule has 9 heteroatoms. The first-order valence-electron chi connectivity index (χ1n) is 11.9. The molecule has 2 aromatic rings. The topological polar surface area (TPSA) is 112 Å². The first-order valence-corrected chi connectivity index (χ1v) is 12.8. The van der Waals surface area contributed by atoms with Crippen LogP contribution in [0.2, 0.25) is 0 Å². The Hall–Kier alpha value is -2.78. The maximum Gasteiger partial charge on any atom is 0.246 e. The summed E-state index contributed by atoms with van der Waals surface area (Å²) in [5.41, 5.74) is 4.25. The Kier molecular flexibility index (Phi) is 8.33. The SMILES string of the molecule is Cc1ncsc1-c1ccc(CNC(=O)C2C[C@@H](O)CN2C(=O)C(NC(=O)C(C)C)C(C)(C)C)cc1. The Bertz CT molecular complexity index is 1060. The van der Waals surface area contributed by atoms with Crippen LogP contribution in [-0.2, 0) is 20.9 Å². The van der Waals surface area contributed by atoms with Crippen molar-refractivity contribution in [3.8, 4) is 10.4 Å². The van der Waals surface area contributed by atoms with Gasteiger partial charge in [0.15, 0.2) is 0 Å². The Morgan fingerprint density at radius 1 is 1.20 bits per heavy atom. The first-order chi connectivity index (χ1) is 16.4. The molecule has 0 radical (unpaired) electrons. The highest BCUT2D eigenvalue weighted by Gasteiger charge is 2.44. The van der Waals surface area contributed by atoms with Gasteiger partial charge >= 0.3 is 0 Å². The van der Waals surface area contributed by atoms with Crippen LogP contribution in [-0.4, -0.2) is 57.4 Å². The van der Waals surface area contributed by atoms with Crippen LogP contribution in [0.5, 0.6) is 0 Å². The molecule has 0 spiro atoms. The van der Waals surface area contributed by atoms with Crippen LogP contribution in [0.4, 0.5) is 0 Å². The molecule has 8 nitrogen and oxygen atoms in total. The maximum absolute atomic E-state index is 13.5. The smallest absolute Gasteiger partial charge is 0.246 e. The molecule has 0 aliphatic carbocycles. The fourth-order valence-electron chi connectivity index (χ4n) is 4.09. The van der Waals surface area contributed by atoms with E-state index in [0.29, 0.717) is 6.54 Å². The Morgan fingerprint density at radius 3 is 2.40 bits per heavy atom. The fourth-order valence-corrected chi connectivity index (χ4v) is 4.90. The molecule has 3 atom stereocenters. The molecule has 3 N–H and O–H groups in total. The summed E-state index contributed by atoms with van der Waals surface area (Å²) in [5, 5.41) is 16.0. The number of aromatic nitrogens is 1. The minimum Gasteiger partial charge on any atom is -0.391 e. The highest BCUT2D eigenvalue weighted by molar-refractivity contribution is 7.13. The van der Waals surface area contributed by atoms with E-state index in [1.165, 1.54) is 4.90 Å². The number of hydrogen-bond donors (Lipinski definition) is 3. The highest BCUT2D eigenvalue weighted by atomic mass is 32.1. The van der Waals surface area contributed by atoms with Crippen LogP contribution < -0.4 is 10.6 Å². The van der Waals surface area contributed by atoms with Crippen LogP contribution in [0.25, 0.3) is 10.4 Å². The van der Waals surface area contributed by atoms with Gasteiger partial charge in [0.1, 0.15) is 12.1 Å². The van der Waals surface area contributed by atoms with Crippen molar-refractivity contribution in [1.82, 2.24) is 20.5 Å². The van der Waals surface area contributed by atoms with E-state index in [4.69, 9.17) is 0 Å². The number of nitrogens with one attached hydrogen (secondary N) is 2. The number of β-amino-alcohol motifs (C(OH)–C–C–N with tert-alkyl or cyclic N) is 1. The van der Waals surface area contributed by atoms with Gasteiger partial charge in [-0.2, -0.15) is 0 Å². The monoisotopic (exact) mass is 500 g/mol. The van der Waals surface area contributed by atoms with Gasteiger partial charge in [-0.15, -0.1) is 11.3 Å². The Balaban J connectivity index is 1.68. The molecule has 2 heterocycles. The second-order valence-corrected chi connectivity index (χ2v) is 11.4. The van der Waals surface area contributed by atoms with Crippen molar-refractivity contribution in [1.29, 1.82) is 0 Å². The molecule has 1 fully saturated rings. The van der Waals surface area contributed by atoms with Crippen LogP contribution in [0.1, 0.15) is 52.3 Å². The lowest BCUT2D eigenvalue weighted by Crippen LogP contribution is -2.58. The van der Waals surface area contributed by atoms with Crippen LogP contribution in [0.3, 0.4) is 0 Å². The Labute approximate surface area is 211 Å². The number of benzene rings is 1. The minimum absolute atomic E-state index is 0.0595. The third-order valence-electron chi connectivity index (χ3n) is 6.22. The minimum atomic E-state index is -0.805. The van der Waals surface area contributed by atoms with Gasteiger partial charge in [-0.3, -0.25) is 14.4 Å². The molecule has 3 amide bonds. The largest absolute Gasteiger partial charge is 0.391 e. The third kappa shape index (κ3) is 6.46. The van der Waals surface area contributed by atoms with Crippen LogP contribution >= 0.6 is 11.3 Å². The second kappa shape index (κ2) is 10.9. The standard InChI is InChI=1S/C26H36N4O4S/c1-15(2)23(32)29-22(26(4,5)6)25(34)30-13-19(31)11-20(30)24(33)27-12-17-7-9-18(10-8-17)21-16(3)28-14-35-21/h7-10,14-15,19-20,22,31H,11-13H2,1-6H3,(H,27,33)(H,29,32)/t19-,20?,22?/m1/s1. The lowest BCUT2D eigenvalue weighted by molar-refractivity contribution is -0.144. The summed E-state index contributed by atoms with van der Waals surface area (Å²) in [6.07, 6.45) is -0.631. The number of carbonyl (C=O) groups is 3. The number of hydrogen-bond acceptors (Lipinski definition) is 6. The Morgan fingerprint density at radius 2 is 1.86 bits per heavy atom. The molecule has 1 aromatic heterocycles. The second-order valence-electron chi connectivity index (χ2n) is 10.5.